The van der Waals surface area contributed by atoms with Crippen molar-refractivity contribution < 1.29 is 19.3 Å². The van der Waals surface area contributed by atoms with Gasteiger partial charge in [-0.3, -0.25) is 4.90 Å². The minimum absolute atomic E-state index is 0.0385. The Labute approximate surface area is 208 Å². The third-order valence-electron chi connectivity index (χ3n) is 7.35. The molecule has 0 spiro atoms. The zero-order valence-corrected chi connectivity index (χ0v) is 20.9. The Morgan fingerprint density at radius 2 is 1.71 bits per heavy atom. The number of benzene rings is 3. The van der Waals surface area contributed by atoms with Gasteiger partial charge in [-0.2, -0.15) is 0 Å². The Morgan fingerprint density at radius 3 is 2.46 bits per heavy atom. The summed E-state index contributed by atoms with van der Waals surface area (Å²) in [6, 6.07) is 22.2. The van der Waals surface area contributed by atoms with E-state index >= 15 is 0 Å². The van der Waals surface area contributed by atoms with Gasteiger partial charge in [0.15, 0.2) is 0 Å². The summed E-state index contributed by atoms with van der Waals surface area (Å²) in [6.45, 7) is 8.29. The number of likely N-dealkylation sites (tertiary alicyclic amines) is 1. The Hall–Kier alpha value is -3.18. The van der Waals surface area contributed by atoms with Gasteiger partial charge in [-0.05, 0) is 81.2 Å². The topological polar surface area (TPSA) is 51.2 Å². The summed E-state index contributed by atoms with van der Waals surface area (Å²) in [5.41, 5.74) is 2.90. The zero-order chi connectivity index (χ0) is 24.4. The summed E-state index contributed by atoms with van der Waals surface area (Å²) in [5.74, 6) is 2.74. The Bertz CT molecular complexity index is 1150. The molecule has 5 rings (SSSR count). The highest BCUT2D eigenvalue weighted by Gasteiger charge is 2.45. The van der Waals surface area contributed by atoms with Gasteiger partial charge >= 0.3 is 0 Å². The van der Waals surface area contributed by atoms with Crippen LogP contribution in [0.25, 0.3) is 0 Å². The number of nitrogens with zero attached hydrogens (tertiary/aromatic N) is 1. The minimum Gasteiger partial charge on any atom is -0.508 e. The molecular formula is C30H35NO4. The van der Waals surface area contributed by atoms with Crippen molar-refractivity contribution >= 4 is 0 Å². The molecule has 0 aliphatic carbocycles. The number of rotatable bonds is 7. The first kappa shape index (κ1) is 23.6. The summed E-state index contributed by atoms with van der Waals surface area (Å²) < 4.78 is 18.1. The highest BCUT2D eigenvalue weighted by molar-refractivity contribution is 5.53. The first-order valence-corrected chi connectivity index (χ1v) is 12.6. The molecule has 2 aliphatic heterocycles. The molecule has 2 aliphatic rings. The third-order valence-corrected chi connectivity index (χ3v) is 7.35. The predicted molar refractivity (Wildman–Crippen MR) is 138 cm³/mol. The van der Waals surface area contributed by atoms with E-state index in [0.29, 0.717) is 6.61 Å². The smallest absolute Gasteiger partial charge is 0.127 e. The van der Waals surface area contributed by atoms with E-state index in [1.165, 1.54) is 31.5 Å². The molecule has 0 amide bonds. The van der Waals surface area contributed by atoms with Gasteiger partial charge in [0.05, 0.1) is 7.11 Å². The van der Waals surface area contributed by atoms with Crippen LogP contribution in [0.5, 0.6) is 23.0 Å². The lowest BCUT2D eigenvalue weighted by atomic mass is 9.68. The minimum atomic E-state index is -0.511. The Kier molecular flexibility index (Phi) is 6.61. The van der Waals surface area contributed by atoms with Gasteiger partial charge in [0, 0.05) is 30.0 Å². The standard InChI is InChI=1S/C30H35NO4/c1-30(2)29(22-7-6-8-25(19-22)33-3)28(26-14-11-23(32)20-27(26)35-30)21-9-12-24(13-10-21)34-18-17-31-15-4-5-16-31/h6-14,19-20,28-29,32H,4-5,15-18H2,1-3H3/t28-,29+/m1/s1. The molecule has 1 N–H and O–H groups in total. The number of phenols is 1. The van der Waals surface area contributed by atoms with Crippen LogP contribution in [0.4, 0.5) is 0 Å². The summed E-state index contributed by atoms with van der Waals surface area (Å²) in [6.07, 6.45) is 2.59. The van der Waals surface area contributed by atoms with Gasteiger partial charge in [0.25, 0.3) is 0 Å². The molecule has 0 saturated carbocycles. The summed E-state index contributed by atoms with van der Waals surface area (Å²) in [7, 11) is 1.69. The van der Waals surface area contributed by atoms with E-state index in [1.54, 1.807) is 19.2 Å². The predicted octanol–water partition coefficient (Wildman–Crippen LogP) is 5.96. The Morgan fingerprint density at radius 1 is 0.943 bits per heavy atom. The van der Waals surface area contributed by atoms with Crippen molar-refractivity contribution in [2.24, 2.45) is 0 Å². The van der Waals surface area contributed by atoms with E-state index in [0.717, 1.165) is 34.9 Å². The SMILES string of the molecule is COc1cccc([C@H]2[C@H](c3ccc(OCCN4CCCC4)cc3)c3ccc(O)cc3OC2(C)C)c1. The molecular weight excluding hydrogens is 438 g/mol. The molecule has 0 radical (unpaired) electrons. The van der Waals surface area contributed by atoms with E-state index < -0.39 is 5.60 Å². The quantitative estimate of drug-likeness (QED) is 0.459. The van der Waals surface area contributed by atoms with Crippen LogP contribution in [0.2, 0.25) is 0 Å². The largest absolute Gasteiger partial charge is 0.508 e. The molecule has 1 saturated heterocycles. The van der Waals surface area contributed by atoms with Crippen LogP contribution in [0.3, 0.4) is 0 Å². The molecule has 3 aromatic rings. The molecule has 3 aromatic carbocycles. The maximum Gasteiger partial charge on any atom is 0.127 e. The molecule has 2 atom stereocenters. The summed E-state index contributed by atoms with van der Waals surface area (Å²) >= 11 is 0. The molecule has 35 heavy (non-hydrogen) atoms. The van der Waals surface area contributed by atoms with Crippen LogP contribution in [-0.4, -0.2) is 49.0 Å². The van der Waals surface area contributed by atoms with Gasteiger partial charge in [0.1, 0.15) is 35.2 Å². The molecule has 1 fully saturated rings. The van der Waals surface area contributed by atoms with Crippen LogP contribution in [-0.2, 0) is 0 Å². The van der Waals surface area contributed by atoms with Crippen LogP contribution < -0.4 is 14.2 Å². The average Bonchev–Trinajstić information content (AvgIpc) is 3.36. The lowest BCUT2D eigenvalue weighted by Crippen LogP contribution is -2.43. The second-order valence-electron chi connectivity index (χ2n) is 10.1. The van der Waals surface area contributed by atoms with Crippen LogP contribution >= 0.6 is 0 Å². The normalized spacial score (nSPS) is 21.2. The number of fused-ring (bicyclic) bond motifs is 1. The van der Waals surface area contributed by atoms with Crippen molar-refractivity contribution in [3.63, 3.8) is 0 Å². The fraction of sp³-hybridized carbons (Fsp3) is 0.400. The van der Waals surface area contributed by atoms with E-state index in [-0.39, 0.29) is 17.6 Å². The highest BCUT2D eigenvalue weighted by Crippen LogP contribution is 2.53. The fourth-order valence-electron chi connectivity index (χ4n) is 5.67. The average molecular weight is 474 g/mol. The van der Waals surface area contributed by atoms with E-state index in [1.807, 2.05) is 18.2 Å². The number of phenolic OH excluding ortho intramolecular Hbond substituents is 1. The maximum atomic E-state index is 10.1. The van der Waals surface area contributed by atoms with E-state index in [4.69, 9.17) is 14.2 Å². The third kappa shape index (κ3) is 4.96. The second-order valence-corrected chi connectivity index (χ2v) is 10.1. The molecule has 0 unspecified atom stereocenters. The van der Waals surface area contributed by atoms with Crippen molar-refractivity contribution in [2.45, 2.75) is 44.1 Å². The van der Waals surface area contributed by atoms with Crippen molar-refractivity contribution in [2.75, 3.05) is 33.4 Å². The molecule has 0 aromatic heterocycles. The van der Waals surface area contributed by atoms with Gasteiger partial charge in [0.2, 0.25) is 0 Å². The van der Waals surface area contributed by atoms with Crippen molar-refractivity contribution in [3.8, 4) is 23.0 Å². The molecule has 5 nitrogen and oxygen atoms in total. The monoisotopic (exact) mass is 473 g/mol. The van der Waals surface area contributed by atoms with E-state index in [2.05, 4.69) is 55.1 Å². The highest BCUT2D eigenvalue weighted by atomic mass is 16.5. The van der Waals surface area contributed by atoms with Gasteiger partial charge < -0.3 is 19.3 Å². The maximum absolute atomic E-state index is 10.1. The van der Waals surface area contributed by atoms with Crippen LogP contribution in [0.1, 0.15) is 55.2 Å². The van der Waals surface area contributed by atoms with Crippen LogP contribution in [0, 0.1) is 0 Å². The number of aromatic hydroxyl groups is 1. The lowest BCUT2D eigenvalue weighted by molar-refractivity contribution is 0.0527. The molecule has 184 valence electrons. The first-order chi connectivity index (χ1) is 16.9. The fourth-order valence-corrected chi connectivity index (χ4v) is 5.67. The molecule has 5 heteroatoms. The second kappa shape index (κ2) is 9.82. The number of ether oxygens (including phenoxy) is 3. The van der Waals surface area contributed by atoms with Crippen molar-refractivity contribution in [3.05, 3.63) is 83.4 Å². The summed E-state index contributed by atoms with van der Waals surface area (Å²) in [4.78, 5) is 2.46. The molecule has 2 heterocycles. The lowest BCUT2D eigenvalue weighted by Gasteiger charge is -2.45. The van der Waals surface area contributed by atoms with Crippen molar-refractivity contribution in [1.29, 1.82) is 0 Å². The van der Waals surface area contributed by atoms with E-state index in [9.17, 15) is 5.11 Å². The number of methoxy groups -OCH3 is 1. The van der Waals surface area contributed by atoms with Crippen molar-refractivity contribution in [1.82, 2.24) is 4.90 Å². The van der Waals surface area contributed by atoms with Gasteiger partial charge in [-0.15, -0.1) is 0 Å². The Balaban J connectivity index is 1.48. The zero-order valence-electron chi connectivity index (χ0n) is 20.9. The van der Waals surface area contributed by atoms with Gasteiger partial charge in [-0.25, -0.2) is 0 Å². The number of hydrogen-bond acceptors (Lipinski definition) is 5. The van der Waals surface area contributed by atoms with Crippen LogP contribution in [0.15, 0.2) is 66.7 Å². The summed E-state index contributed by atoms with van der Waals surface area (Å²) in [5, 5.41) is 10.1. The number of hydrogen-bond donors (Lipinski definition) is 1. The molecule has 0 bridgehead atoms. The first-order valence-electron chi connectivity index (χ1n) is 12.6. The van der Waals surface area contributed by atoms with Gasteiger partial charge in [-0.1, -0.05) is 30.3 Å².